The first-order valence-corrected chi connectivity index (χ1v) is 12.7. The third-order valence-electron chi connectivity index (χ3n) is 7.02. The Hall–Kier alpha value is -3.85. The van der Waals surface area contributed by atoms with E-state index in [4.69, 9.17) is 14.7 Å². The lowest BCUT2D eigenvalue weighted by molar-refractivity contribution is 0.0747. The standard InChI is InChI=1S/C27H31N7O2/c1-2-36-25-24-23(30-27(31-25)34-12-10-28-11-13-34)21-9-8-20(18-22(21)29-24)32-14-16-33(17-15-32)26(35)19-6-4-3-5-7-19/h3-9,18,28-29H,2,10-17H2,1H3. The molecule has 186 valence electrons. The van der Waals surface area contributed by atoms with Gasteiger partial charge >= 0.3 is 0 Å². The molecule has 4 aromatic rings. The van der Waals surface area contributed by atoms with Crippen molar-refractivity contribution >= 4 is 39.5 Å². The summed E-state index contributed by atoms with van der Waals surface area (Å²) in [6, 6.07) is 16.0. The first-order valence-electron chi connectivity index (χ1n) is 12.7. The Bertz CT molecular complexity index is 1370. The summed E-state index contributed by atoms with van der Waals surface area (Å²) < 4.78 is 5.92. The molecule has 0 radical (unpaired) electrons. The number of hydrogen-bond donors (Lipinski definition) is 2. The molecule has 0 atom stereocenters. The predicted molar refractivity (Wildman–Crippen MR) is 142 cm³/mol. The van der Waals surface area contributed by atoms with Crippen LogP contribution in [0.2, 0.25) is 0 Å². The van der Waals surface area contributed by atoms with Gasteiger partial charge in [-0.25, -0.2) is 4.98 Å². The van der Waals surface area contributed by atoms with Gasteiger partial charge in [-0.3, -0.25) is 4.79 Å². The Balaban J connectivity index is 1.26. The number of benzene rings is 2. The lowest BCUT2D eigenvalue weighted by Crippen LogP contribution is -2.48. The summed E-state index contributed by atoms with van der Waals surface area (Å²) in [4.78, 5) is 32.5. The Labute approximate surface area is 210 Å². The van der Waals surface area contributed by atoms with Crippen molar-refractivity contribution in [3.05, 3.63) is 54.1 Å². The fraction of sp³-hybridized carbons (Fsp3) is 0.370. The summed E-state index contributed by atoms with van der Waals surface area (Å²) in [5.74, 6) is 1.42. The number of H-pyrrole nitrogens is 1. The lowest BCUT2D eigenvalue weighted by atomic mass is 10.1. The molecule has 9 heteroatoms. The monoisotopic (exact) mass is 485 g/mol. The number of hydrogen-bond acceptors (Lipinski definition) is 7. The van der Waals surface area contributed by atoms with E-state index in [1.807, 2.05) is 42.2 Å². The first kappa shape index (κ1) is 22.6. The Kier molecular flexibility index (Phi) is 6.06. The molecular formula is C27H31N7O2. The third-order valence-corrected chi connectivity index (χ3v) is 7.02. The molecule has 2 fully saturated rings. The maximum atomic E-state index is 12.8. The second kappa shape index (κ2) is 9.66. The SMILES string of the molecule is CCOc1nc(N2CCNCC2)nc2c1[nH]c1cc(N3CCN(C(=O)c4ccccc4)CC3)ccc12. The second-order valence-corrected chi connectivity index (χ2v) is 9.22. The molecule has 0 saturated carbocycles. The molecule has 4 heterocycles. The van der Waals surface area contributed by atoms with E-state index in [1.54, 1.807) is 0 Å². The highest BCUT2D eigenvalue weighted by atomic mass is 16.5. The number of amides is 1. The average Bonchev–Trinajstić information content (AvgIpc) is 3.32. The summed E-state index contributed by atoms with van der Waals surface area (Å²) in [6.45, 7) is 9.10. The van der Waals surface area contributed by atoms with Crippen LogP contribution in [0.15, 0.2) is 48.5 Å². The molecule has 9 nitrogen and oxygen atoms in total. The second-order valence-electron chi connectivity index (χ2n) is 9.22. The number of nitrogens with one attached hydrogen (secondary N) is 2. The number of carbonyl (C=O) groups is 1. The highest BCUT2D eigenvalue weighted by Gasteiger charge is 2.24. The number of nitrogens with zero attached hydrogens (tertiary/aromatic N) is 5. The molecule has 2 saturated heterocycles. The van der Waals surface area contributed by atoms with Crippen LogP contribution >= 0.6 is 0 Å². The minimum absolute atomic E-state index is 0.101. The number of rotatable bonds is 5. The van der Waals surface area contributed by atoms with Crippen molar-refractivity contribution in [2.45, 2.75) is 6.92 Å². The summed E-state index contributed by atoms with van der Waals surface area (Å²) >= 11 is 0. The predicted octanol–water partition coefficient (Wildman–Crippen LogP) is 2.88. The Morgan fingerprint density at radius 3 is 2.47 bits per heavy atom. The Morgan fingerprint density at radius 1 is 0.944 bits per heavy atom. The van der Waals surface area contributed by atoms with E-state index >= 15 is 0 Å². The van der Waals surface area contributed by atoms with Gasteiger partial charge in [-0.15, -0.1) is 0 Å². The van der Waals surface area contributed by atoms with Crippen molar-refractivity contribution in [2.75, 3.05) is 68.8 Å². The van der Waals surface area contributed by atoms with Gasteiger partial charge in [0, 0.05) is 69.0 Å². The molecule has 6 rings (SSSR count). The average molecular weight is 486 g/mol. The van der Waals surface area contributed by atoms with E-state index in [1.165, 1.54) is 0 Å². The largest absolute Gasteiger partial charge is 0.476 e. The molecule has 0 bridgehead atoms. The van der Waals surface area contributed by atoms with Crippen LogP contribution in [-0.4, -0.2) is 84.7 Å². The van der Waals surface area contributed by atoms with Gasteiger partial charge in [0.15, 0.2) is 0 Å². The summed E-state index contributed by atoms with van der Waals surface area (Å²) in [6.07, 6.45) is 0. The number of piperazine rings is 2. The molecule has 0 aliphatic carbocycles. The highest BCUT2D eigenvalue weighted by Crippen LogP contribution is 2.33. The van der Waals surface area contributed by atoms with Gasteiger partial charge in [-0.1, -0.05) is 18.2 Å². The van der Waals surface area contributed by atoms with Crippen LogP contribution < -0.4 is 19.9 Å². The first-order chi connectivity index (χ1) is 17.7. The quantitative estimate of drug-likeness (QED) is 0.449. The van der Waals surface area contributed by atoms with Crippen LogP contribution in [0.5, 0.6) is 5.88 Å². The summed E-state index contributed by atoms with van der Waals surface area (Å²) in [5, 5.41) is 4.44. The minimum Gasteiger partial charge on any atom is -0.476 e. The van der Waals surface area contributed by atoms with Gasteiger partial charge in [-0.2, -0.15) is 4.98 Å². The zero-order valence-corrected chi connectivity index (χ0v) is 20.5. The normalized spacial score (nSPS) is 16.6. The number of carbonyl (C=O) groups excluding carboxylic acids is 1. The molecule has 2 aromatic heterocycles. The van der Waals surface area contributed by atoms with Gasteiger partial charge in [0.25, 0.3) is 5.91 Å². The van der Waals surface area contributed by atoms with Crippen molar-refractivity contribution in [1.29, 1.82) is 0 Å². The summed E-state index contributed by atoms with van der Waals surface area (Å²) in [5.41, 5.74) is 4.62. The van der Waals surface area contributed by atoms with Gasteiger partial charge in [0.05, 0.1) is 12.1 Å². The van der Waals surface area contributed by atoms with Gasteiger partial charge in [0.2, 0.25) is 11.8 Å². The molecule has 0 unspecified atom stereocenters. The van der Waals surface area contributed by atoms with Gasteiger partial charge in [-0.05, 0) is 37.3 Å². The van der Waals surface area contributed by atoms with E-state index < -0.39 is 0 Å². The number of fused-ring (bicyclic) bond motifs is 3. The van der Waals surface area contributed by atoms with Crippen molar-refractivity contribution in [1.82, 2.24) is 25.2 Å². The number of ether oxygens (including phenoxy) is 1. The molecule has 2 aliphatic heterocycles. The maximum Gasteiger partial charge on any atom is 0.253 e. The van der Waals surface area contributed by atoms with E-state index in [0.29, 0.717) is 25.6 Å². The van der Waals surface area contributed by atoms with Crippen LogP contribution in [0.1, 0.15) is 17.3 Å². The van der Waals surface area contributed by atoms with Gasteiger partial charge in [0.1, 0.15) is 11.0 Å². The van der Waals surface area contributed by atoms with E-state index in [2.05, 4.69) is 38.3 Å². The van der Waals surface area contributed by atoms with Crippen LogP contribution in [0.3, 0.4) is 0 Å². The molecule has 2 aromatic carbocycles. The van der Waals surface area contributed by atoms with Crippen LogP contribution in [-0.2, 0) is 0 Å². The van der Waals surface area contributed by atoms with Gasteiger partial charge < -0.3 is 29.7 Å². The van der Waals surface area contributed by atoms with Crippen LogP contribution in [0.25, 0.3) is 21.9 Å². The number of anilines is 2. The minimum atomic E-state index is 0.101. The fourth-order valence-electron chi connectivity index (χ4n) is 5.09. The number of aromatic amines is 1. The van der Waals surface area contributed by atoms with E-state index in [-0.39, 0.29) is 5.91 Å². The maximum absolute atomic E-state index is 12.8. The zero-order chi connectivity index (χ0) is 24.5. The highest BCUT2D eigenvalue weighted by molar-refractivity contribution is 6.07. The molecule has 2 N–H and O–H groups in total. The Morgan fingerprint density at radius 2 is 1.72 bits per heavy atom. The number of aromatic nitrogens is 3. The molecule has 36 heavy (non-hydrogen) atoms. The third kappa shape index (κ3) is 4.19. The summed E-state index contributed by atoms with van der Waals surface area (Å²) in [7, 11) is 0. The topological polar surface area (TPSA) is 89.6 Å². The van der Waals surface area contributed by atoms with Crippen molar-refractivity contribution in [2.24, 2.45) is 0 Å². The molecule has 2 aliphatic rings. The van der Waals surface area contributed by atoms with Crippen LogP contribution in [0, 0.1) is 0 Å². The zero-order valence-electron chi connectivity index (χ0n) is 20.5. The fourth-order valence-corrected chi connectivity index (χ4v) is 5.09. The van der Waals surface area contributed by atoms with Crippen molar-refractivity contribution in [3.63, 3.8) is 0 Å². The van der Waals surface area contributed by atoms with Crippen molar-refractivity contribution < 1.29 is 9.53 Å². The molecule has 1 amide bonds. The van der Waals surface area contributed by atoms with E-state index in [9.17, 15) is 4.79 Å². The molecule has 0 spiro atoms. The van der Waals surface area contributed by atoms with E-state index in [0.717, 1.165) is 78.4 Å². The van der Waals surface area contributed by atoms with Crippen molar-refractivity contribution in [3.8, 4) is 5.88 Å². The lowest BCUT2D eigenvalue weighted by Gasteiger charge is -2.36. The van der Waals surface area contributed by atoms with Crippen LogP contribution in [0.4, 0.5) is 11.6 Å². The smallest absolute Gasteiger partial charge is 0.253 e. The molecular weight excluding hydrogens is 454 g/mol.